The summed E-state index contributed by atoms with van der Waals surface area (Å²) in [4.78, 5) is 17.5. The van der Waals surface area contributed by atoms with Crippen molar-refractivity contribution in [1.29, 1.82) is 0 Å². The normalized spacial score (nSPS) is 11.2. The monoisotopic (exact) mass is 499 g/mol. The third-order valence-corrected chi connectivity index (χ3v) is 6.62. The molecule has 0 unspecified atom stereocenters. The van der Waals surface area contributed by atoms with E-state index in [9.17, 15) is 9.90 Å². The summed E-state index contributed by atoms with van der Waals surface area (Å²) in [5.41, 5.74) is 7.34. The smallest absolute Gasteiger partial charge is 0.224 e. The molecule has 0 spiro atoms. The zero-order valence-corrected chi connectivity index (χ0v) is 20.8. The first kappa shape index (κ1) is 23.4. The number of aromatic nitrogens is 4. The number of aromatic hydroxyl groups is 1. The van der Waals surface area contributed by atoms with Crippen LogP contribution >= 0.6 is 0 Å². The number of nitrogens with zero attached hydrogens (tertiary/aromatic N) is 4. The van der Waals surface area contributed by atoms with Crippen LogP contribution < -0.4 is 5.32 Å². The molecule has 0 atom stereocenters. The summed E-state index contributed by atoms with van der Waals surface area (Å²) in [7, 11) is 0. The van der Waals surface area contributed by atoms with E-state index in [0.29, 0.717) is 6.54 Å². The highest BCUT2D eigenvalue weighted by Crippen LogP contribution is 2.34. The molecule has 2 N–H and O–H groups in total. The number of phenolic OH excluding ortho intramolecular Hbond substituents is 1. The zero-order chi connectivity index (χ0) is 26.1. The lowest BCUT2D eigenvalue weighted by atomic mass is 9.97. The number of phenols is 1. The van der Waals surface area contributed by atoms with E-state index in [0.717, 1.165) is 55.9 Å². The number of amides is 1. The van der Waals surface area contributed by atoms with Gasteiger partial charge in [0.15, 0.2) is 5.65 Å². The van der Waals surface area contributed by atoms with E-state index >= 15 is 0 Å². The Morgan fingerprint density at radius 3 is 2.47 bits per heavy atom. The summed E-state index contributed by atoms with van der Waals surface area (Å²) in [5.74, 6) is 0.887. The van der Waals surface area contributed by atoms with Crippen molar-refractivity contribution in [2.75, 3.05) is 0 Å². The molecule has 186 valence electrons. The van der Waals surface area contributed by atoms with E-state index in [1.807, 2.05) is 72.1 Å². The maximum atomic E-state index is 12.4. The van der Waals surface area contributed by atoms with Gasteiger partial charge in [-0.3, -0.25) is 9.20 Å². The number of hydrogen-bond donors (Lipinski definition) is 2. The van der Waals surface area contributed by atoms with E-state index < -0.39 is 0 Å². The van der Waals surface area contributed by atoms with Crippen molar-refractivity contribution < 1.29 is 9.90 Å². The lowest BCUT2D eigenvalue weighted by molar-refractivity contribution is -0.120. The van der Waals surface area contributed by atoms with Crippen LogP contribution in [0.4, 0.5) is 0 Å². The first-order valence-corrected chi connectivity index (χ1v) is 12.4. The quantitative estimate of drug-likeness (QED) is 0.316. The van der Waals surface area contributed by atoms with Crippen molar-refractivity contribution in [1.82, 2.24) is 24.9 Å². The molecule has 0 fully saturated rings. The van der Waals surface area contributed by atoms with Crippen molar-refractivity contribution in [3.63, 3.8) is 0 Å². The minimum Gasteiger partial charge on any atom is -0.508 e. The van der Waals surface area contributed by atoms with Crippen molar-refractivity contribution >= 4 is 22.5 Å². The van der Waals surface area contributed by atoms with Gasteiger partial charge in [-0.15, -0.1) is 10.2 Å². The number of pyridine rings is 2. The van der Waals surface area contributed by atoms with Gasteiger partial charge < -0.3 is 10.4 Å². The second-order valence-electron chi connectivity index (χ2n) is 9.26. The molecule has 0 saturated heterocycles. The molecular formula is C31H25N5O2. The first-order valence-electron chi connectivity index (χ1n) is 12.4. The fraction of sp³-hybridized carbons (Fsp3) is 0.0968. The molecule has 38 heavy (non-hydrogen) atoms. The first-order chi connectivity index (χ1) is 18.5. The van der Waals surface area contributed by atoms with Crippen LogP contribution in [0.1, 0.15) is 17.0 Å². The van der Waals surface area contributed by atoms with Gasteiger partial charge in [-0.2, -0.15) is 0 Å². The van der Waals surface area contributed by atoms with E-state index in [2.05, 4.69) is 33.7 Å². The van der Waals surface area contributed by atoms with Crippen LogP contribution in [-0.4, -0.2) is 30.6 Å². The van der Waals surface area contributed by atoms with Crippen LogP contribution in [0.5, 0.6) is 5.75 Å². The van der Waals surface area contributed by atoms with Crippen LogP contribution in [-0.2, 0) is 17.8 Å². The maximum Gasteiger partial charge on any atom is 0.224 e. The molecule has 0 saturated carbocycles. The number of nitrogens with one attached hydrogen (secondary N) is 1. The Labute approximate surface area is 219 Å². The van der Waals surface area contributed by atoms with Gasteiger partial charge in [-0.25, -0.2) is 4.98 Å². The number of hydrogen-bond acceptors (Lipinski definition) is 5. The number of carbonyl (C=O) groups is 1. The van der Waals surface area contributed by atoms with Gasteiger partial charge >= 0.3 is 0 Å². The van der Waals surface area contributed by atoms with Gasteiger partial charge in [-0.1, -0.05) is 66.7 Å². The molecule has 7 heteroatoms. The van der Waals surface area contributed by atoms with Gasteiger partial charge in [0.25, 0.3) is 0 Å². The number of rotatable bonds is 6. The summed E-state index contributed by atoms with van der Waals surface area (Å²) in [6.45, 7) is 2.35. The summed E-state index contributed by atoms with van der Waals surface area (Å²) < 4.78 is 1.97. The van der Waals surface area contributed by atoms with Crippen LogP contribution in [0.25, 0.3) is 38.9 Å². The molecule has 3 aromatic heterocycles. The average Bonchev–Trinajstić information content (AvgIpc) is 3.33. The molecule has 6 rings (SSSR count). The van der Waals surface area contributed by atoms with Crippen molar-refractivity contribution in [3.05, 3.63) is 114 Å². The topological polar surface area (TPSA) is 92.4 Å². The second kappa shape index (κ2) is 9.78. The van der Waals surface area contributed by atoms with Crippen LogP contribution in [0.15, 0.2) is 97.2 Å². The van der Waals surface area contributed by atoms with Gasteiger partial charge in [0.05, 0.1) is 17.6 Å². The fourth-order valence-electron chi connectivity index (χ4n) is 4.66. The Bertz CT molecular complexity index is 1780. The Kier molecular flexibility index (Phi) is 6.01. The predicted molar refractivity (Wildman–Crippen MR) is 148 cm³/mol. The minimum atomic E-state index is -0.0998. The lowest BCUT2D eigenvalue weighted by Crippen LogP contribution is -2.24. The number of fused-ring (bicyclic) bond motifs is 3. The average molecular weight is 500 g/mol. The standard InChI is InChI=1S/C31H25N5O2/c1-20-34-35-31-27-18-26(23-7-3-2-4-8-23)30(33-28(27)14-15-36(20)31)24-12-10-21(11-13-24)19-32-29(38)17-22-6-5-9-25(37)16-22/h2-16,18,37H,17,19H2,1H3,(H,32,38). The van der Waals surface area contributed by atoms with Crippen LogP contribution in [0.2, 0.25) is 0 Å². The van der Waals surface area contributed by atoms with Gasteiger partial charge in [0.1, 0.15) is 11.6 Å². The Hall–Kier alpha value is -5.04. The largest absolute Gasteiger partial charge is 0.508 e. The Balaban J connectivity index is 1.30. The van der Waals surface area contributed by atoms with Gasteiger partial charge in [0.2, 0.25) is 5.91 Å². The molecule has 0 aliphatic rings. The van der Waals surface area contributed by atoms with E-state index in [-0.39, 0.29) is 18.1 Å². The molecule has 0 bridgehead atoms. The Morgan fingerprint density at radius 1 is 0.868 bits per heavy atom. The van der Waals surface area contributed by atoms with Crippen LogP contribution in [0.3, 0.4) is 0 Å². The number of benzene rings is 3. The summed E-state index contributed by atoms with van der Waals surface area (Å²) in [6.07, 6.45) is 2.17. The Morgan fingerprint density at radius 2 is 1.68 bits per heavy atom. The minimum absolute atomic E-state index is 0.0998. The summed E-state index contributed by atoms with van der Waals surface area (Å²) in [6, 6.07) is 29.2. The third-order valence-electron chi connectivity index (χ3n) is 6.62. The highest BCUT2D eigenvalue weighted by atomic mass is 16.3. The predicted octanol–water partition coefficient (Wildman–Crippen LogP) is 5.48. The molecule has 3 aromatic carbocycles. The summed E-state index contributed by atoms with van der Waals surface area (Å²) >= 11 is 0. The fourth-order valence-corrected chi connectivity index (χ4v) is 4.66. The maximum absolute atomic E-state index is 12.4. The third kappa shape index (κ3) is 4.57. The molecular weight excluding hydrogens is 474 g/mol. The molecule has 0 aliphatic carbocycles. The van der Waals surface area contributed by atoms with E-state index in [1.165, 1.54) is 0 Å². The van der Waals surface area contributed by atoms with Crippen molar-refractivity contribution in [3.8, 4) is 28.1 Å². The van der Waals surface area contributed by atoms with Crippen molar-refractivity contribution in [2.24, 2.45) is 0 Å². The molecule has 6 aromatic rings. The van der Waals surface area contributed by atoms with E-state index in [1.54, 1.807) is 18.2 Å². The van der Waals surface area contributed by atoms with Gasteiger partial charge in [0, 0.05) is 29.3 Å². The zero-order valence-electron chi connectivity index (χ0n) is 20.8. The van der Waals surface area contributed by atoms with E-state index in [4.69, 9.17) is 4.98 Å². The number of aryl methyl sites for hydroxylation is 1. The summed E-state index contributed by atoms with van der Waals surface area (Å²) in [5, 5.41) is 22.1. The molecule has 7 nitrogen and oxygen atoms in total. The highest BCUT2D eigenvalue weighted by Gasteiger charge is 2.15. The highest BCUT2D eigenvalue weighted by molar-refractivity contribution is 5.98. The second-order valence-corrected chi connectivity index (χ2v) is 9.26. The lowest BCUT2D eigenvalue weighted by Gasteiger charge is -2.13. The SMILES string of the molecule is Cc1nnc2c3cc(-c4ccccc4)c(-c4ccc(CNC(=O)Cc5cccc(O)c5)cc4)nc3ccn12. The molecule has 3 heterocycles. The molecule has 0 radical (unpaired) electrons. The molecule has 1 amide bonds. The van der Waals surface area contributed by atoms with Crippen LogP contribution in [0, 0.1) is 6.92 Å². The molecule has 0 aliphatic heterocycles. The van der Waals surface area contributed by atoms with Crippen molar-refractivity contribution in [2.45, 2.75) is 19.9 Å². The number of carbonyl (C=O) groups excluding carboxylic acids is 1. The van der Waals surface area contributed by atoms with Gasteiger partial charge in [-0.05, 0) is 47.9 Å².